The highest BCUT2D eigenvalue weighted by Gasteiger charge is 2.39. The smallest absolute Gasteiger partial charge is 0.382 e. The van der Waals surface area contributed by atoms with Crippen molar-refractivity contribution in [2.75, 3.05) is 6.54 Å². The Labute approximate surface area is 177 Å². The van der Waals surface area contributed by atoms with Gasteiger partial charge in [0.1, 0.15) is 6.54 Å². The number of hydrogen-bond donors (Lipinski definition) is 1. The minimum Gasteiger partial charge on any atom is -0.382 e. The van der Waals surface area contributed by atoms with Crippen LogP contribution in [0.4, 0.5) is 13.2 Å². The van der Waals surface area contributed by atoms with Gasteiger partial charge in [-0.25, -0.2) is 0 Å². The molecule has 0 aliphatic carbocycles. The van der Waals surface area contributed by atoms with Gasteiger partial charge in [-0.15, -0.1) is 0 Å². The van der Waals surface area contributed by atoms with Crippen LogP contribution in [0.2, 0.25) is 0 Å². The second kappa shape index (κ2) is 8.52. The van der Waals surface area contributed by atoms with Crippen molar-refractivity contribution in [1.29, 1.82) is 0 Å². The summed E-state index contributed by atoms with van der Waals surface area (Å²) in [6, 6.07) is 8.64. The van der Waals surface area contributed by atoms with Crippen LogP contribution in [0.15, 0.2) is 35.5 Å². The molecule has 0 spiro atoms. The normalized spacial score (nSPS) is 18.5. The molecule has 3 rings (SSSR count). The Morgan fingerprint density at radius 3 is 2.48 bits per heavy atom. The van der Waals surface area contributed by atoms with Gasteiger partial charge in [-0.1, -0.05) is 29.4 Å². The predicted molar refractivity (Wildman–Crippen MR) is 107 cm³/mol. The number of nitrogens with one attached hydrogen (secondary N) is 1. The molecule has 10 heteroatoms. The lowest BCUT2D eigenvalue weighted by molar-refractivity contribution is -0.138. The van der Waals surface area contributed by atoms with Gasteiger partial charge in [-0.3, -0.25) is 14.3 Å². The molecule has 0 bridgehead atoms. The van der Waals surface area contributed by atoms with Gasteiger partial charge in [-0.2, -0.15) is 18.3 Å². The number of aromatic nitrogens is 2. The lowest BCUT2D eigenvalue weighted by atomic mass is 9.92. The summed E-state index contributed by atoms with van der Waals surface area (Å²) in [5.41, 5.74) is 3.03. The van der Waals surface area contributed by atoms with Gasteiger partial charge in [0, 0.05) is 31.9 Å². The fourth-order valence-electron chi connectivity index (χ4n) is 3.44. The second-order valence-electron chi connectivity index (χ2n) is 7.72. The number of benzene rings is 1. The number of ketones is 1. The Bertz CT molecular complexity index is 1010. The molecule has 2 aromatic rings. The number of halogens is 3. The van der Waals surface area contributed by atoms with E-state index in [-0.39, 0.29) is 18.6 Å². The standard InChI is InChI=1S/C21H23F3N4O3/c1-13-10-18(28(3)26-13)20(2)11-16(27-31-20)14-4-6-15(7-5-14)17(29)8-9-19(30)25-12-21(22,23)24/h4-7,10H,8-9,11-12H2,1-3H3,(H,25,30). The van der Waals surface area contributed by atoms with E-state index in [1.165, 1.54) is 0 Å². The number of carbonyl (C=O) groups is 2. The number of oxime groups is 1. The summed E-state index contributed by atoms with van der Waals surface area (Å²) in [6.07, 6.45) is -4.43. The van der Waals surface area contributed by atoms with Crippen LogP contribution < -0.4 is 5.32 Å². The molecule has 0 fully saturated rings. The van der Waals surface area contributed by atoms with E-state index < -0.39 is 24.2 Å². The molecule has 1 amide bonds. The van der Waals surface area contributed by atoms with E-state index in [9.17, 15) is 22.8 Å². The van der Waals surface area contributed by atoms with E-state index in [1.54, 1.807) is 34.3 Å². The molecule has 166 valence electrons. The van der Waals surface area contributed by atoms with Crippen LogP contribution in [-0.2, 0) is 22.3 Å². The highest BCUT2D eigenvalue weighted by molar-refractivity contribution is 6.03. The zero-order valence-corrected chi connectivity index (χ0v) is 17.4. The van der Waals surface area contributed by atoms with Crippen LogP contribution >= 0.6 is 0 Å². The molecule has 1 N–H and O–H groups in total. The van der Waals surface area contributed by atoms with E-state index in [1.807, 2.05) is 27.0 Å². The molecule has 1 aromatic carbocycles. The fourth-order valence-corrected chi connectivity index (χ4v) is 3.44. The van der Waals surface area contributed by atoms with Crippen molar-refractivity contribution in [2.45, 2.75) is 44.9 Å². The van der Waals surface area contributed by atoms with Gasteiger partial charge >= 0.3 is 6.18 Å². The molecule has 1 aliphatic rings. The van der Waals surface area contributed by atoms with Crippen molar-refractivity contribution >= 4 is 17.4 Å². The van der Waals surface area contributed by atoms with Crippen molar-refractivity contribution in [3.05, 3.63) is 52.8 Å². The van der Waals surface area contributed by atoms with Crippen molar-refractivity contribution in [1.82, 2.24) is 15.1 Å². The summed E-state index contributed by atoms with van der Waals surface area (Å²) in [4.78, 5) is 29.4. The summed E-state index contributed by atoms with van der Waals surface area (Å²) in [7, 11) is 1.85. The molecule has 1 unspecified atom stereocenters. The van der Waals surface area contributed by atoms with Gasteiger partial charge < -0.3 is 10.2 Å². The van der Waals surface area contributed by atoms with Crippen molar-refractivity contribution in [3.63, 3.8) is 0 Å². The lowest BCUT2D eigenvalue weighted by Crippen LogP contribution is -2.33. The summed E-state index contributed by atoms with van der Waals surface area (Å²) in [6.45, 7) is 2.43. The van der Waals surface area contributed by atoms with Crippen LogP contribution in [-0.4, -0.2) is 39.9 Å². The van der Waals surface area contributed by atoms with Crippen molar-refractivity contribution in [2.24, 2.45) is 12.2 Å². The number of aryl methyl sites for hydroxylation is 2. The largest absolute Gasteiger partial charge is 0.405 e. The first-order valence-corrected chi connectivity index (χ1v) is 9.70. The molecule has 1 aromatic heterocycles. The third kappa shape index (κ3) is 5.50. The molecule has 0 saturated carbocycles. The van der Waals surface area contributed by atoms with Crippen molar-refractivity contribution in [3.8, 4) is 0 Å². The molecule has 7 nitrogen and oxygen atoms in total. The van der Waals surface area contributed by atoms with E-state index in [0.717, 1.165) is 22.7 Å². The lowest BCUT2D eigenvalue weighted by Gasteiger charge is -2.21. The summed E-state index contributed by atoms with van der Waals surface area (Å²) in [5.74, 6) is -1.14. The number of hydrogen-bond acceptors (Lipinski definition) is 5. The molecule has 0 saturated heterocycles. The van der Waals surface area contributed by atoms with Crippen molar-refractivity contribution < 1.29 is 27.6 Å². The maximum Gasteiger partial charge on any atom is 0.405 e. The number of amides is 1. The Balaban J connectivity index is 1.57. The molecule has 1 atom stereocenters. The molecular formula is C21H23F3N4O3. The van der Waals surface area contributed by atoms with Gasteiger partial charge in [0.25, 0.3) is 0 Å². The second-order valence-corrected chi connectivity index (χ2v) is 7.72. The molecule has 0 radical (unpaired) electrons. The average Bonchev–Trinajstić information content (AvgIpc) is 3.27. The number of Topliss-reactive ketones (excluding diaryl/α,β-unsaturated/α-hetero) is 1. The first-order valence-electron chi connectivity index (χ1n) is 9.70. The first kappa shape index (κ1) is 22.5. The highest BCUT2D eigenvalue weighted by atomic mass is 19.4. The van der Waals surface area contributed by atoms with Gasteiger partial charge in [0.05, 0.1) is 17.1 Å². The Morgan fingerprint density at radius 2 is 1.90 bits per heavy atom. The summed E-state index contributed by atoms with van der Waals surface area (Å²) in [5, 5.41) is 10.3. The topological polar surface area (TPSA) is 85.6 Å². The van der Waals surface area contributed by atoms with Gasteiger partial charge in [-0.05, 0) is 25.5 Å². The third-order valence-electron chi connectivity index (χ3n) is 5.01. The zero-order valence-electron chi connectivity index (χ0n) is 17.4. The minimum atomic E-state index is -4.48. The average molecular weight is 436 g/mol. The highest BCUT2D eigenvalue weighted by Crippen LogP contribution is 2.36. The predicted octanol–water partition coefficient (Wildman–Crippen LogP) is 3.41. The Morgan fingerprint density at radius 1 is 1.23 bits per heavy atom. The van der Waals surface area contributed by atoms with Crippen LogP contribution in [0.25, 0.3) is 0 Å². The zero-order chi connectivity index (χ0) is 22.8. The summed E-state index contributed by atoms with van der Waals surface area (Å²) < 4.78 is 38.1. The first-order chi connectivity index (χ1) is 14.5. The molecule has 2 heterocycles. The van der Waals surface area contributed by atoms with E-state index in [0.29, 0.717) is 12.0 Å². The number of rotatable bonds is 7. The minimum absolute atomic E-state index is 0.176. The van der Waals surface area contributed by atoms with Crippen LogP contribution in [0.1, 0.15) is 53.5 Å². The molecule has 1 aliphatic heterocycles. The van der Waals surface area contributed by atoms with E-state index >= 15 is 0 Å². The fraction of sp³-hybridized carbons (Fsp3) is 0.429. The van der Waals surface area contributed by atoms with E-state index in [4.69, 9.17) is 4.84 Å². The quantitative estimate of drug-likeness (QED) is 0.674. The SMILES string of the molecule is Cc1cc(C2(C)CC(c3ccc(C(=O)CCC(=O)NCC(F)(F)F)cc3)=NO2)n(C)n1. The summed E-state index contributed by atoms with van der Waals surface area (Å²) >= 11 is 0. The number of alkyl halides is 3. The number of carbonyl (C=O) groups excluding carboxylic acids is 2. The van der Waals surface area contributed by atoms with Gasteiger partial charge in [0.2, 0.25) is 5.91 Å². The van der Waals surface area contributed by atoms with Crippen LogP contribution in [0, 0.1) is 6.92 Å². The molecule has 31 heavy (non-hydrogen) atoms. The van der Waals surface area contributed by atoms with Crippen LogP contribution in [0.3, 0.4) is 0 Å². The third-order valence-corrected chi connectivity index (χ3v) is 5.01. The molecular weight excluding hydrogens is 413 g/mol. The van der Waals surface area contributed by atoms with Crippen LogP contribution in [0.5, 0.6) is 0 Å². The van der Waals surface area contributed by atoms with E-state index in [2.05, 4.69) is 10.3 Å². The Hall–Kier alpha value is -3.17. The maximum atomic E-state index is 12.2. The van der Waals surface area contributed by atoms with Gasteiger partial charge in [0.15, 0.2) is 11.4 Å². The monoisotopic (exact) mass is 436 g/mol. The Kier molecular flexibility index (Phi) is 6.19. The maximum absolute atomic E-state index is 12.2. The number of nitrogens with zero attached hydrogens (tertiary/aromatic N) is 3.